The maximum Gasteiger partial charge on any atom is 0.223 e. The van der Waals surface area contributed by atoms with Gasteiger partial charge in [-0.05, 0) is 26.7 Å². The monoisotopic (exact) mass is 187 g/mol. The van der Waals surface area contributed by atoms with Crippen LogP contribution in [0.5, 0.6) is 0 Å². The van der Waals surface area contributed by atoms with Gasteiger partial charge in [0.25, 0.3) is 0 Å². The molecule has 0 fully saturated rings. The molecule has 0 aromatic heterocycles. The maximum atomic E-state index is 11.3. The van der Waals surface area contributed by atoms with Crippen molar-refractivity contribution in [1.29, 1.82) is 0 Å². The van der Waals surface area contributed by atoms with E-state index in [1.165, 1.54) is 0 Å². The van der Waals surface area contributed by atoms with Crippen LogP contribution in [0, 0.1) is 5.92 Å². The number of carbonyl (C=O) groups is 1. The summed E-state index contributed by atoms with van der Waals surface area (Å²) in [6.07, 6.45) is 1.88. The minimum absolute atomic E-state index is 0.199. The average Bonchev–Trinajstić information content (AvgIpc) is 2.08. The van der Waals surface area contributed by atoms with E-state index in [4.69, 9.17) is 0 Å². The molecule has 0 rings (SSSR count). The van der Waals surface area contributed by atoms with E-state index in [2.05, 4.69) is 5.32 Å². The molecule has 0 spiro atoms. The second-order valence-electron chi connectivity index (χ2n) is 3.18. The van der Waals surface area contributed by atoms with E-state index < -0.39 is 0 Å². The van der Waals surface area contributed by atoms with Crippen molar-refractivity contribution in [3.8, 4) is 0 Å². The lowest BCUT2D eigenvalue weighted by atomic mass is 10.0. The van der Waals surface area contributed by atoms with Gasteiger partial charge in [-0.25, -0.2) is 0 Å². The van der Waals surface area contributed by atoms with Crippen LogP contribution in [0.1, 0.15) is 54.4 Å². The van der Waals surface area contributed by atoms with Gasteiger partial charge in [0.1, 0.15) is 0 Å². The van der Waals surface area contributed by atoms with E-state index in [0.29, 0.717) is 0 Å². The first-order chi connectivity index (χ1) is 6.11. The number of amides is 1. The van der Waals surface area contributed by atoms with Crippen LogP contribution in [0.2, 0.25) is 0 Å². The molecule has 2 nitrogen and oxygen atoms in total. The largest absolute Gasteiger partial charge is 0.354 e. The number of hydrogen-bond acceptors (Lipinski definition) is 1. The summed E-state index contributed by atoms with van der Waals surface area (Å²) in [5, 5.41) is 2.91. The Balaban J connectivity index is 0. The molecule has 0 saturated heterocycles. The molecule has 13 heavy (non-hydrogen) atoms. The molecule has 0 radical (unpaired) electrons. The second kappa shape index (κ2) is 9.56. The molecule has 0 atom stereocenters. The van der Waals surface area contributed by atoms with E-state index >= 15 is 0 Å². The molecule has 1 N–H and O–H groups in total. The third-order valence-electron chi connectivity index (χ3n) is 1.79. The lowest BCUT2D eigenvalue weighted by Gasteiger charge is -2.14. The maximum absolute atomic E-state index is 11.3. The molecule has 0 aliphatic rings. The van der Waals surface area contributed by atoms with Crippen LogP contribution in [0.15, 0.2) is 0 Å². The summed E-state index contributed by atoms with van der Waals surface area (Å²) in [5.41, 5.74) is 0. The van der Waals surface area contributed by atoms with Crippen molar-refractivity contribution in [2.75, 3.05) is 0 Å². The molecule has 0 bridgehead atoms. The van der Waals surface area contributed by atoms with E-state index in [9.17, 15) is 4.79 Å². The molecule has 0 aromatic rings. The van der Waals surface area contributed by atoms with Crippen molar-refractivity contribution < 1.29 is 4.79 Å². The Morgan fingerprint density at radius 1 is 1.15 bits per heavy atom. The fourth-order valence-electron chi connectivity index (χ4n) is 1.06. The topological polar surface area (TPSA) is 29.1 Å². The summed E-state index contributed by atoms with van der Waals surface area (Å²) in [6, 6.07) is 0.267. The fourth-order valence-corrected chi connectivity index (χ4v) is 1.06. The van der Waals surface area contributed by atoms with Crippen LogP contribution in [-0.4, -0.2) is 11.9 Å². The van der Waals surface area contributed by atoms with Gasteiger partial charge in [0.15, 0.2) is 0 Å². The van der Waals surface area contributed by atoms with Crippen LogP contribution in [-0.2, 0) is 4.79 Å². The van der Waals surface area contributed by atoms with Crippen LogP contribution in [0.4, 0.5) is 0 Å². The smallest absolute Gasteiger partial charge is 0.223 e. The molecule has 0 aliphatic carbocycles. The average molecular weight is 187 g/mol. The number of carbonyl (C=O) groups excluding carboxylic acids is 1. The van der Waals surface area contributed by atoms with Gasteiger partial charge >= 0.3 is 0 Å². The van der Waals surface area contributed by atoms with Crippen LogP contribution in [0.25, 0.3) is 0 Å². The Morgan fingerprint density at radius 2 is 1.54 bits per heavy atom. The van der Waals surface area contributed by atoms with Crippen molar-refractivity contribution in [1.82, 2.24) is 5.32 Å². The summed E-state index contributed by atoms with van der Waals surface area (Å²) < 4.78 is 0. The highest BCUT2D eigenvalue weighted by molar-refractivity contribution is 5.78. The predicted molar refractivity (Wildman–Crippen MR) is 58.7 cm³/mol. The highest BCUT2D eigenvalue weighted by Crippen LogP contribution is 2.06. The molecular formula is C11H25NO. The Labute approximate surface area is 83.1 Å². The van der Waals surface area contributed by atoms with Crippen molar-refractivity contribution in [2.24, 2.45) is 5.92 Å². The van der Waals surface area contributed by atoms with Gasteiger partial charge in [-0.15, -0.1) is 0 Å². The molecule has 0 saturated carbocycles. The zero-order valence-corrected chi connectivity index (χ0v) is 9.98. The summed E-state index contributed by atoms with van der Waals surface area (Å²) in [4.78, 5) is 11.3. The van der Waals surface area contributed by atoms with Crippen molar-refractivity contribution >= 4 is 5.91 Å². The Hall–Kier alpha value is -0.530. The quantitative estimate of drug-likeness (QED) is 0.720. The van der Waals surface area contributed by atoms with Gasteiger partial charge in [-0.1, -0.05) is 27.7 Å². The molecule has 2 heteroatoms. The standard InChI is InChI=1S/C9H19NO.C2H6/c1-5-8(6-2)9(11)10-7(3)4;1-2/h7-8H,5-6H2,1-4H3,(H,10,11);1-2H3. The van der Waals surface area contributed by atoms with Crippen molar-refractivity contribution in [3.05, 3.63) is 0 Å². The number of nitrogens with one attached hydrogen (secondary N) is 1. The first kappa shape index (κ1) is 15.0. The summed E-state index contributed by atoms with van der Waals surface area (Å²) in [6.45, 7) is 12.1. The summed E-state index contributed by atoms with van der Waals surface area (Å²) >= 11 is 0. The molecule has 0 heterocycles. The Morgan fingerprint density at radius 3 is 1.77 bits per heavy atom. The third-order valence-corrected chi connectivity index (χ3v) is 1.79. The highest BCUT2D eigenvalue weighted by atomic mass is 16.1. The molecule has 1 amide bonds. The third kappa shape index (κ3) is 7.82. The van der Waals surface area contributed by atoms with Crippen LogP contribution in [0.3, 0.4) is 0 Å². The summed E-state index contributed by atoms with van der Waals surface area (Å²) in [5.74, 6) is 0.405. The minimum Gasteiger partial charge on any atom is -0.354 e. The van der Waals surface area contributed by atoms with E-state index in [1.54, 1.807) is 0 Å². The minimum atomic E-state index is 0.199. The van der Waals surface area contributed by atoms with E-state index in [-0.39, 0.29) is 17.9 Å². The van der Waals surface area contributed by atoms with Gasteiger partial charge < -0.3 is 5.32 Å². The van der Waals surface area contributed by atoms with Gasteiger partial charge in [-0.2, -0.15) is 0 Å². The Kier molecular flexibility index (Phi) is 11.0. The van der Waals surface area contributed by atoms with Crippen LogP contribution >= 0.6 is 0 Å². The fraction of sp³-hybridized carbons (Fsp3) is 0.909. The summed E-state index contributed by atoms with van der Waals surface area (Å²) in [7, 11) is 0. The van der Waals surface area contributed by atoms with E-state index in [0.717, 1.165) is 12.8 Å². The lowest BCUT2D eigenvalue weighted by molar-refractivity contribution is -0.125. The SMILES string of the molecule is CC.CCC(CC)C(=O)NC(C)C. The van der Waals surface area contributed by atoms with Crippen molar-refractivity contribution in [3.63, 3.8) is 0 Å². The van der Waals surface area contributed by atoms with Gasteiger partial charge in [0.05, 0.1) is 0 Å². The van der Waals surface area contributed by atoms with Gasteiger partial charge in [0.2, 0.25) is 5.91 Å². The zero-order chi connectivity index (χ0) is 10.9. The Bertz CT molecular complexity index is 117. The normalized spacial score (nSPS) is 9.54. The molecule has 0 unspecified atom stereocenters. The first-order valence-electron chi connectivity index (χ1n) is 5.42. The lowest BCUT2D eigenvalue weighted by Crippen LogP contribution is -2.35. The molecule has 80 valence electrons. The van der Waals surface area contributed by atoms with Gasteiger partial charge in [-0.3, -0.25) is 4.79 Å². The van der Waals surface area contributed by atoms with Gasteiger partial charge in [0, 0.05) is 12.0 Å². The number of hydrogen-bond donors (Lipinski definition) is 1. The molecule has 0 aromatic carbocycles. The zero-order valence-electron chi connectivity index (χ0n) is 9.98. The molecular weight excluding hydrogens is 162 g/mol. The second-order valence-corrected chi connectivity index (χ2v) is 3.18. The highest BCUT2D eigenvalue weighted by Gasteiger charge is 2.13. The number of rotatable bonds is 4. The molecule has 0 aliphatic heterocycles. The predicted octanol–water partition coefficient (Wildman–Crippen LogP) is 2.97. The first-order valence-corrected chi connectivity index (χ1v) is 5.42. The van der Waals surface area contributed by atoms with Crippen molar-refractivity contribution in [2.45, 2.75) is 60.4 Å². The van der Waals surface area contributed by atoms with Crippen LogP contribution < -0.4 is 5.32 Å². The van der Waals surface area contributed by atoms with E-state index in [1.807, 2.05) is 41.5 Å².